The Morgan fingerprint density at radius 1 is 1.46 bits per heavy atom. The molecule has 1 heterocycles. The Balaban J connectivity index is 0. The van der Waals surface area contributed by atoms with Gasteiger partial charge in [0.05, 0.1) is 7.11 Å². The monoisotopic (exact) mass is 230 g/mol. The van der Waals surface area contributed by atoms with E-state index in [9.17, 15) is 4.79 Å². The van der Waals surface area contributed by atoms with E-state index in [2.05, 4.69) is 10.1 Å². The fourth-order valence-corrected chi connectivity index (χ4v) is 1.22. The molecule has 2 atom stereocenters. The van der Waals surface area contributed by atoms with Crippen LogP contribution in [0.4, 0.5) is 0 Å². The van der Waals surface area contributed by atoms with Crippen LogP contribution in [-0.2, 0) is 9.53 Å². The van der Waals surface area contributed by atoms with Crippen LogP contribution in [0, 0.1) is 0 Å². The number of piperidine rings is 1. The normalized spacial score (nSPS) is 26.6. The number of esters is 1. The van der Waals surface area contributed by atoms with Crippen LogP contribution in [0.25, 0.3) is 0 Å². The second-order valence-corrected chi connectivity index (χ2v) is 2.82. The Bertz CT molecular complexity index is 149. The van der Waals surface area contributed by atoms with Crippen molar-refractivity contribution in [2.75, 3.05) is 13.7 Å². The van der Waals surface area contributed by atoms with Crippen LogP contribution in [0.1, 0.15) is 12.8 Å². The molecule has 6 heteroatoms. The van der Waals surface area contributed by atoms with Crippen molar-refractivity contribution in [1.29, 1.82) is 0 Å². The van der Waals surface area contributed by atoms with E-state index in [0.29, 0.717) is 6.54 Å². The second kappa shape index (κ2) is 7.38. The predicted molar refractivity (Wildman–Crippen MR) is 55.5 cm³/mol. The summed E-state index contributed by atoms with van der Waals surface area (Å²) in [6.45, 7) is 0.708. The molecule has 3 N–H and O–H groups in total. The molecule has 1 aliphatic heterocycles. The van der Waals surface area contributed by atoms with Crippen molar-refractivity contribution in [3.8, 4) is 0 Å². The minimum absolute atomic E-state index is 0. The number of rotatable bonds is 1. The van der Waals surface area contributed by atoms with Crippen LogP contribution in [0.15, 0.2) is 0 Å². The predicted octanol–water partition coefficient (Wildman–Crippen LogP) is 0.0823. The summed E-state index contributed by atoms with van der Waals surface area (Å²) >= 11 is 0. The molecule has 0 aromatic heterocycles. The SMILES string of the molecule is COC(=O)[C@H]1CC[C@H](N)CN1.Cl.Cl. The van der Waals surface area contributed by atoms with E-state index in [1.165, 1.54) is 7.11 Å². The molecule has 0 aromatic rings. The summed E-state index contributed by atoms with van der Waals surface area (Å²) < 4.78 is 4.58. The van der Waals surface area contributed by atoms with Crippen LogP contribution in [-0.4, -0.2) is 31.7 Å². The number of hydrogen-bond donors (Lipinski definition) is 2. The number of halogens is 2. The summed E-state index contributed by atoms with van der Waals surface area (Å²) in [6.07, 6.45) is 1.68. The maximum atomic E-state index is 10.9. The van der Waals surface area contributed by atoms with Gasteiger partial charge in [0.2, 0.25) is 0 Å². The molecule has 0 spiro atoms. The van der Waals surface area contributed by atoms with Crippen molar-refractivity contribution >= 4 is 30.8 Å². The number of nitrogens with one attached hydrogen (secondary N) is 1. The van der Waals surface area contributed by atoms with E-state index in [4.69, 9.17) is 5.73 Å². The van der Waals surface area contributed by atoms with E-state index in [1.807, 2.05) is 0 Å². The van der Waals surface area contributed by atoms with Gasteiger partial charge in [-0.15, -0.1) is 24.8 Å². The van der Waals surface area contributed by atoms with E-state index in [1.54, 1.807) is 0 Å². The van der Waals surface area contributed by atoms with Crippen molar-refractivity contribution < 1.29 is 9.53 Å². The quantitative estimate of drug-likeness (QED) is 0.627. The smallest absolute Gasteiger partial charge is 0.322 e. The summed E-state index contributed by atoms with van der Waals surface area (Å²) in [7, 11) is 1.40. The Kier molecular flexibility index (Phi) is 8.77. The topological polar surface area (TPSA) is 64.3 Å². The highest BCUT2D eigenvalue weighted by Crippen LogP contribution is 2.06. The van der Waals surface area contributed by atoms with Gasteiger partial charge in [-0.3, -0.25) is 4.79 Å². The first-order chi connectivity index (χ1) is 5.24. The fourth-order valence-electron chi connectivity index (χ4n) is 1.22. The number of carbonyl (C=O) groups excluding carboxylic acids is 1. The average Bonchev–Trinajstić information content (AvgIpc) is 2.05. The van der Waals surface area contributed by atoms with E-state index < -0.39 is 0 Å². The van der Waals surface area contributed by atoms with Gasteiger partial charge in [-0.2, -0.15) is 0 Å². The van der Waals surface area contributed by atoms with Gasteiger partial charge >= 0.3 is 5.97 Å². The first-order valence-corrected chi connectivity index (χ1v) is 3.81. The molecule has 0 radical (unpaired) electrons. The largest absolute Gasteiger partial charge is 0.468 e. The minimum atomic E-state index is -0.183. The standard InChI is InChI=1S/C7H14N2O2.2ClH/c1-11-7(10)6-3-2-5(8)4-9-6;;/h5-6,9H,2-4,8H2,1H3;2*1H/t5-,6+;;/m0../s1. The molecule has 4 nitrogen and oxygen atoms in total. The summed E-state index contributed by atoms with van der Waals surface area (Å²) in [5, 5.41) is 3.02. The highest BCUT2D eigenvalue weighted by molar-refractivity contribution is 5.85. The van der Waals surface area contributed by atoms with Crippen LogP contribution < -0.4 is 11.1 Å². The fraction of sp³-hybridized carbons (Fsp3) is 0.857. The average molecular weight is 231 g/mol. The second-order valence-electron chi connectivity index (χ2n) is 2.82. The van der Waals surface area contributed by atoms with Crippen LogP contribution >= 0.6 is 24.8 Å². The first-order valence-electron chi connectivity index (χ1n) is 3.81. The van der Waals surface area contributed by atoms with E-state index >= 15 is 0 Å². The number of ether oxygens (including phenoxy) is 1. The summed E-state index contributed by atoms with van der Waals surface area (Å²) in [4.78, 5) is 10.9. The molecular weight excluding hydrogens is 215 g/mol. The summed E-state index contributed by atoms with van der Waals surface area (Å²) in [5.41, 5.74) is 5.62. The lowest BCUT2D eigenvalue weighted by Crippen LogP contribution is -2.49. The molecule has 0 bridgehead atoms. The van der Waals surface area contributed by atoms with Crippen molar-refractivity contribution in [1.82, 2.24) is 5.32 Å². The lowest BCUT2D eigenvalue weighted by molar-refractivity contribution is -0.143. The zero-order chi connectivity index (χ0) is 8.27. The van der Waals surface area contributed by atoms with Gasteiger partial charge in [-0.25, -0.2) is 0 Å². The molecule has 1 saturated heterocycles. The van der Waals surface area contributed by atoms with Gasteiger partial charge in [-0.05, 0) is 12.8 Å². The highest BCUT2D eigenvalue weighted by atomic mass is 35.5. The maximum Gasteiger partial charge on any atom is 0.322 e. The number of nitrogens with two attached hydrogens (primary N) is 1. The van der Waals surface area contributed by atoms with Crippen LogP contribution in [0.2, 0.25) is 0 Å². The molecule has 0 unspecified atom stereocenters. The van der Waals surface area contributed by atoms with Crippen LogP contribution in [0.5, 0.6) is 0 Å². The third-order valence-electron chi connectivity index (χ3n) is 1.94. The molecule has 0 amide bonds. The summed E-state index contributed by atoms with van der Waals surface area (Å²) in [6, 6.07) is 0.0516. The van der Waals surface area contributed by atoms with Crippen LogP contribution in [0.3, 0.4) is 0 Å². The highest BCUT2D eigenvalue weighted by Gasteiger charge is 2.23. The van der Waals surface area contributed by atoms with Crippen molar-refractivity contribution in [2.45, 2.75) is 24.9 Å². The van der Waals surface area contributed by atoms with E-state index in [0.717, 1.165) is 12.8 Å². The molecule has 0 aromatic carbocycles. The summed E-state index contributed by atoms with van der Waals surface area (Å²) in [5.74, 6) is -0.183. The number of carbonyl (C=O) groups is 1. The Morgan fingerprint density at radius 2 is 2.08 bits per heavy atom. The van der Waals surface area contributed by atoms with Gasteiger partial charge in [0.1, 0.15) is 6.04 Å². The third kappa shape index (κ3) is 4.67. The Morgan fingerprint density at radius 3 is 2.46 bits per heavy atom. The van der Waals surface area contributed by atoms with Gasteiger partial charge in [0, 0.05) is 12.6 Å². The number of hydrogen-bond acceptors (Lipinski definition) is 4. The zero-order valence-corrected chi connectivity index (χ0v) is 9.12. The molecule has 80 valence electrons. The first kappa shape index (κ1) is 15.4. The van der Waals surface area contributed by atoms with Gasteiger partial charge < -0.3 is 15.8 Å². The van der Waals surface area contributed by atoms with Gasteiger partial charge in [0.25, 0.3) is 0 Å². The lowest BCUT2D eigenvalue weighted by Gasteiger charge is -2.25. The Hall–Kier alpha value is -0.0300. The van der Waals surface area contributed by atoms with Crippen molar-refractivity contribution in [3.63, 3.8) is 0 Å². The molecule has 1 rings (SSSR count). The molecule has 0 saturated carbocycles. The van der Waals surface area contributed by atoms with E-state index in [-0.39, 0.29) is 42.9 Å². The van der Waals surface area contributed by atoms with Crippen molar-refractivity contribution in [2.24, 2.45) is 5.73 Å². The van der Waals surface area contributed by atoms with Crippen molar-refractivity contribution in [3.05, 3.63) is 0 Å². The number of methoxy groups -OCH3 is 1. The molecular formula is C7H16Cl2N2O2. The maximum absolute atomic E-state index is 10.9. The lowest BCUT2D eigenvalue weighted by atomic mass is 10.0. The molecule has 1 aliphatic rings. The zero-order valence-electron chi connectivity index (χ0n) is 7.49. The Labute approximate surface area is 90.4 Å². The molecule has 0 aliphatic carbocycles. The third-order valence-corrected chi connectivity index (χ3v) is 1.94. The van der Waals surface area contributed by atoms with Gasteiger partial charge in [-0.1, -0.05) is 0 Å². The minimum Gasteiger partial charge on any atom is -0.468 e. The molecule has 13 heavy (non-hydrogen) atoms. The van der Waals surface area contributed by atoms with Gasteiger partial charge in [0.15, 0.2) is 0 Å². The molecule has 1 fully saturated rings.